The number of nitrogens with two attached hydrogens (primary N) is 1. The van der Waals surface area contributed by atoms with Crippen LogP contribution >= 0.6 is 11.8 Å². The van der Waals surface area contributed by atoms with Gasteiger partial charge in [0.2, 0.25) is 0 Å². The Morgan fingerprint density at radius 2 is 2.36 bits per heavy atom. The van der Waals surface area contributed by atoms with Crippen LogP contribution in [0.5, 0.6) is 0 Å². The van der Waals surface area contributed by atoms with Crippen molar-refractivity contribution < 1.29 is 0 Å². The first-order chi connectivity index (χ1) is 5.25. The number of rotatable bonds is 2. The zero-order valence-corrected chi connectivity index (χ0v) is 7.56. The molecule has 0 radical (unpaired) electrons. The molecule has 1 rings (SSSR count). The molecule has 0 fully saturated rings. The predicted molar refractivity (Wildman–Crippen MR) is 48.6 cm³/mol. The molecule has 1 aromatic heterocycles. The van der Waals surface area contributed by atoms with Crippen molar-refractivity contribution in [2.75, 3.05) is 6.26 Å². The monoisotopic (exact) mass is 168 g/mol. The number of hydrogen-bond donors (Lipinski definition) is 1. The summed E-state index contributed by atoms with van der Waals surface area (Å²) >= 11 is 1.63. The second-order valence-electron chi connectivity index (χ2n) is 2.39. The molecule has 11 heavy (non-hydrogen) atoms. The molecule has 1 aromatic rings. The molecule has 1 unspecified atom stereocenters. The molecule has 0 aliphatic heterocycles. The third-order valence-corrected chi connectivity index (χ3v) is 2.21. The number of aromatic nitrogens is 1. The van der Waals surface area contributed by atoms with Crippen LogP contribution in [0.1, 0.15) is 18.5 Å². The standard InChI is InChI=1S/C8H12N2S/c1-6(9)7-4-3-5-10-8(7)11-2/h3-6H,9H2,1-2H3. The van der Waals surface area contributed by atoms with Gasteiger partial charge in [0.25, 0.3) is 0 Å². The van der Waals surface area contributed by atoms with E-state index >= 15 is 0 Å². The average molecular weight is 168 g/mol. The SMILES string of the molecule is CSc1ncccc1C(C)N. The van der Waals surface area contributed by atoms with Gasteiger partial charge in [-0.1, -0.05) is 6.07 Å². The van der Waals surface area contributed by atoms with E-state index in [-0.39, 0.29) is 6.04 Å². The summed E-state index contributed by atoms with van der Waals surface area (Å²) in [7, 11) is 0. The van der Waals surface area contributed by atoms with Gasteiger partial charge >= 0.3 is 0 Å². The van der Waals surface area contributed by atoms with Crippen molar-refractivity contribution in [2.45, 2.75) is 18.0 Å². The average Bonchev–Trinajstić information content (AvgIpc) is 2.04. The zero-order valence-electron chi connectivity index (χ0n) is 6.74. The lowest BCUT2D eigenvalue weighted by Crippen LogP contribution is -2.06. The van der Waals surface area contributed by atoms with Gasteiger partial charge in [-0.15, -0.1) is 11.8 Å². The molecule has 2 nitrogen and oxygen atoms in total. The largest absolute Gasteiger partial charge is 0.324 e. The van der Waals surface area contributed by atoms with E-state index < -0.39 is 0 Å². The van der Waals surface area contributed by atoms with Gasteiger partial charge in [0.05, 0.1) is 0 Å². The van der Waals surface area contributed by atoms with E-state index in [1.54, 1.807) is 18.0 Å². The molecule has 0 aliphatic carbocycles. The number of pyridine rings is 1. The van der Waals surface area contributed by atoms with Gasteiger partial charge in [-0.3, -0.25) is 0 Å². The third kappa shape index (κ3) is 1.94. The number of nitrogens with zero attached hydrogens (tertiary/aromatic N) is 1. The number of thioether (sulfide) groups is 1. The minimum atomic E-state index is 0.0751. The maximum atomic E-state index is 5.74. The molecule has 0 bridgehead atoms. The molecule has 0 aromatic carbocycles. The summed E-state index contributed by atoms with van der Waals surface area (Å²) in [6.07, 6.45) is 3.80. The van der Waals surface area contributed by atoms with E-state index in [4.69, 9.17) is 5.73 Å². The summed E-state index contributed by atoms with van der Waals surface area (Å²) in [5.74, 6) is 0. The fourth-order valence-electron chi connectivity index (χ4n) is 0.920. The van der Waals surface area contributed by atoms with Crippen LogP contribution in [0.2, 0.25) is 0 Å². The van der Waals surface area contributed by atoms with E-state index in [1.165, 1.54) is 0 Å². The molecule has 0 aliphatic rings. The fraction of sp³-hybridized carbons (Fsp3) is 0.375. The first-order valence-electron chi connectivity index (χ1n) is 3.50. The molecule has 0 amide bonds. The highest BCUT2D eigenvalue weighted by Crippen LogP contribution is 2.21. The lowest BCUT2D eigenvalue weighted by Gasteiger charge is -2.08. The molecule has 60 valence electrons. The van der Waals surface area contributed by atoms with Gasteiger partial charge in [-0.05, 0) is 19.2 Å². The first kappa shape index (κ1) is 8.56. The smallest absolute Gasteiger partial charge is 0.100 e. The summed E-state index contributed by atoms with van der Waals surface area (Å²) < 4.78 is 0. The molecule has 1 atom stereocenters. The maximum Gasteiger partial charge on any atom is 0.100 e. The van der Waals surface area contributed by atoms with Crippen molar-refractivity contribution in [3.63, 3.8) is 0 Å². The van der Waals surface area contributed by atoms with Crippen LogP contribution in [0.4, 0.5) is 0 Å². The normalized spacial score (nSPS) is 13.0. The highest BCUT2D eigenvalue weighted by Gasteiger charge is 2.04. The van der Waals surface area contributed by atoms with Crippen LogP contribution in [-0.4, -0.2) is 11.2 Å². The van der Waals surface area contributed by atoms with Crippen LogP contribution < -0.4 is 5.73 Å². The molecule has 0 saturated heterocycles. The first-order valence-corrected chi connectivity index (χ1v) is 4.72. The summed E-state index contributed by atoms with van der Waals surface area (Å²) in [5.41, 5.74) is 6.86. The maximum absolute atomic E-state index is 5.74. The van der Waals surface area contributed by atoms with Gasteiger partial charge in [-0.2, -0.15) is 0 Å². The van der Waals surface area contributed by atoms with E-state index in [0.717, 1.165) is 10.6 Å². The summed E-state index contributed by atoms with van der Waals surface area (Å²) in [6.45, 7) is 1.97. The molecule has 0 saturated carbocycles. The Kier molecular flexibility index (Phi) is 2.91. The molecule has 3 heteroatoms. The van der Waals surface area contributed by atoms with Crippen molar-refractivity contribution >= 4 is 11.8 Å². The molecular weight excluding hydrogens is 156 g/mol. The Labute approximate surface area is 71.2 Å². The van der Waals surface area contributed by atoms with E-state index in [2.05, 4.69) is 4.98 Å². The Morgan fingerprint density at radius 3 is 2.82 bits per heavy atom. The summed E-state index contributed by atoms with van der Waals surface area (Å²) in [4.78, 5) is 4.20. The van der Waals surface area contributed by atoms with E-state index in [1.807, 2.05) is 25.3 Å². The van der Waals surface area contributed by atoms with Crippen molar-refractivity contribution in [3.05, 3.63) is 23.9 Å². The van der Waals surface area contributed by atoms with Crippen LogP contribution in [0.15, 0.2) is 23.4 Å². The minimum Gasteiger partial charge on any atom is -0.324 e. The Bertz CT molecular complexity index is 235. The number of hydrogen-bond acceptors (Lipinski definition) is 3. The van der Waals surface area contributed by atoms with Crippen molar-refractivity contribution in [3.8, 4) is 0 Å². The van der Waals surface area contributed by atoms with E-state index in [9.17, 15) is 0 Å². The second-order valence-corrected chi connectivity index (χ2v) is 3.19. The highest BCUT2D eigenvalue weighted by atomic mass is 32.2. The molecule has 0 spiro atoms. The summed E-state index contributed by atoms with van der Waals surface area (Å²) in [5, 5.41) is 1.03. The fourth-order valence-corrected chi connectivity index (χ4v) is 1.58. The van der Waals surface area contributed by atoms with Crippen molar-refractivity contribution in [1.82, 2.24) is 4.98 Å². The molecular formula is C8H12N2S. The molecule has 2 N–H and O–H groups in total. The minimum absolute atomic E-state index is 0.0751. The third-order valence-electron chi connectivity index (χ3n) is 1.48. The molecule has 1 heterocycles. The quantitative estimate of drug-likeness (QED) is 0.685. The van der Waals surface area contributed by atoms with Crippen LogP contribution in [-0.2, 0) is 0 Å². The summed E-state index contributed by atoms with van der Waals surface area (Å²) in [6, 6.07) is 4.01. The lowest BCUT2D eigenvalue weighted by molar-refractivity contribution is 0.780. The van der Waals surface area contributed by atoms with Gasteiger partial charge in [0, 0.05) is 17.8 Å². The predicted octanol–water partition coefficient (Wildman–Crippen LogP) is 1.82. The second kappa shape index (κ2) is 3.74. The van der Waals surface area contributed by atoms with Gasteiger partial charge in [0.15, 0.2) is 0 Å². The zero-order chi connectivity index (χ0) is 8.27. The Balaban J connectivity index is 3.02. The van der Waals surface area contributed by atoms with Crippen molar-refractivity contribution in [1.29, 1.82) is 0 Å². The lowest BCUT2D eigenvalue weighted by atomic mass is 10.2. The van der Waals surface area contributed by atoms with Crippen LogP contribution in [0.3, 0.4) is 0 Å². The Morgan fingerprint density at radius 1 is 1.64 bits per heavy atom. The van der Waals surface area contributed by atoms with Gasteiger partial charge in [0.1, 0.15) is 5.03 Å². The van der Waals surface area contributed by atoms with Gasteiger partial charge in [-0.25, -0.2) is 4.98 Å². The van der Waals surface area contributed by atoms with Crippen molar-refractivity contribution in [2.24, 2.45) is 5.73 Å². The van der Waals surface area contributed by atoms with E-state index in [0.29, 0.717) is 0 Å². The van der Waals surface area contributed by atoms with Gasteiger partial charge < -0.3 is 5.73 Å². The highest BCUT2D eigenvalue weighted by molar-refractivity contribution is 7.98. The topological polar surface area (TPSA) is 38.9 Å². The van der Waals surface area contributed by atoms with Crippen LogP contribution in [0, 0.1) is 0 Å². The Hall–Kier alpha value is -0.540. The van der Waals surface area contributed by atoms with Crippen LogP contribution in [0.25, 0.3) is 0 Å².